The molecule has 2 aromatic carbocycles. The third-order valence-electron chi connectivity index (χ3n) is 6.90. The quantitative estimate of drug-likeness (QED) is 0.116. The number of benzene rings is 2. The molecular weight excluding hydrogens is 572 g/mol. The second-order valence-electron chi connectivity index (χ2n) is 10.2. The van der Waals surface area contributed by atoms with Crippen molar-refractivity contribution in [3.63, 3.8) is 0 Å². The first-order chi connectivity index (χ1) is 20.6. The van der Waals surface area contributed by atoms with Crippen LogP contribution in [0.25, 0.3) is 10.9 Å². The molecule has 3 aromatic rings. The Bertz CT molecular complexity index is 1410. The number of hydrogen-bond acceptors (Lipinski definition) is 7. The van der Waals surface area contributed by atoms with Gasteiger partial charge in [0.25, 0.3) is 0 Å². The van der Waals surface area contributed by atoms with Crippen molar-refractivity contribution in [1.29, 1.82) is 0 Å². The minimum absolute atomic E-state index is 0.0523. The number of aliphatic carboxylic acids is 1. The minimum atomic E-state index is -1.23. The Hall–Kier alpha value is -4.36. The number of nitrogens with two attached hydrogens (primary N) is 2. The fraction of sp³-hybridized carbons (Fsp3) is 0.367. The lowest BCUT2D eigenvalue weighted by Crippen LogP contribution is -2.57. The van der Waals surface area contributed by atoms with Crippen molar-refractivity contribution in [2.24, 2.45) is 11.5 Å². The first kappa shape index (κ1) is 33.1. The maximum atomic E-state index is 13.4. The van der Waals surface area contributed by atoms with Crippen LogP contribution in [0.5, 0.6) is 0 Å². The lowest BCUT2D eigenvalue weighted by Gasteiger charge is -2.25. The molecule has 0 saturated carbocycles. The number of para-hydroxylation sites is 1. The predicted molar refractivity (Wildman–Crippen MR) is 165 cm³/mol. The van der Waals surface area contributed by atoms with Crippen molar-refractivity contribution >= 4 is 52.3 Å². The maximum absolute atomic E-state index is 13.4. The zero-order valence-electron chi connectivity index (χ0n) is 23.9. The fourth-order valence-corrected chi connectivity index (χ4v) is 5.03. The van der Waals surface area contributed by atoms with Crippen LogP contribution < -0.4 is 27.4 Å². The van der Waals surface area contributed by atoms with Crippen LogP contribution >= 0.6 is 11.8 Å². The normalized spacial score (nSPS) is 13.8. The number of carbonyl (C=O) groups excluding carboxylic acids is 4. The largest absolute Gasteiger partial charge is 0.480 e. The number of thioether (sulfide) groups is 1. The molecule has 43 heavy (non-hydrogen) atoms. The summed E-state index contributed by atoms with van der Waals surface area (Å²) in [6.07, 6.45) is 3.73. The molecule has 0 aliphatic rings. The molecule has 3 rings (SSSR count). The predicted octanol–water partition coefficient (Wildman–Crippen LogP) is 0.838. The maximum Gasteiger partial charge on any atom is 0.326 e. The standard InChI is InChI=1S/C30H38N6O6S/c1-43-14-13-24(29(40)36-25(30(41)42)15-18-7-3-2-4-8-18)35-28(39)23(11-12-26(32)37)34-27(38)21(31)16-19-17-33-22-10-6-5-9-20(19)22/h2-10,17,21,23-25,33H,11-16,31H2,1H3,(H2,32,37)(H,34,38)(H,35,39)(H,36,40)(H,41,42). The third kappa shape index (κ3) is 10.1. The van der Waals surface area contributed by atoms with E-state index in [9.17, 15) is 29.1 Å². The van der Waals surface area contributed by atoms with Crippen molar-refractivity contribution < 1.29 is 29.1 Å². The van der Waals surface area contributed by atoms with Crippen molar-refractivity contribution in [3.05, 3.63) is 71.9 Å². The number of amides is 4. The molecule has 0 aliphatic heterocycles. The Morgan fingerprint density at radius 1 is 0.837 bits per heavy atom. The molecule has 4 amide bonds. The van der Waals surface area contributed by atoms with Gasteiger partial charge in [-0.25, -0.2) is 4.79 Å². The smallest absolute Gasteiger partial charge is 0.326 e. The summed E-state index contributed by atoms with van der Waals surface area (Å²) in [6, 6.07) is 11.9. The highest BCUT2D eigenvalue weighted by Crippen LogP contribution is 2.19. The van der Waals surface area contributed by atoms with Crippen LogP contribution in [0, 0.1) is 0 Å². The van der Waals surface area contributed by atoms with E-state index in [0.717, 1.165) is 22.0 Å². The van der Waals surface area contributed by atoms with Gasteiger partial charge in [0.15, 0.2) is 0 Å². The van der Waals surface area contributed by atoms with Crippen molar-refractivity contribution in [2.75, 3.05) is 12.0 Å². The number of carboxylic acids is 1. The Balaban J connectivity index is 1.70. The Morgan fingerprint density at radius 2 is 1.44 bits per heavy atom. The Morgan fingerprint density at radius 3 is 2.09 bits per heavy atom. The van der Waals surface area contributed by atoms with E-state index in [2.05, 4.69) is 20.9 Å². The van der Waals surface area contributed by atoms with Gasteiger partial charge in [-0.3, -0.25) is 19.2 Å². The molecule has 230 valence electrons. The third-order valence-corrected chi connectivity index (χ3v) is 7.55. The SMILES string of the molecule is CSCCC(NC(=O)C(CCC(N)=O)NC(=O)C(N)Cc1c[nH]c2ccccc12)C(=O)NC(Cc1ccccc1)C(=O)O. The van der Waals surface area contributed by atoms with E-state index < -0.39 is 53.8 Å². The molecule has 9 N–H and O–H groups in total. The van der Waals surface area contributed by atoms with Crippen molar-refractivity contribution in [2.45, 2.75) is 56.3 Å². The number of fused-ring (bicyclic) bond motifs is 1. The van der Waals surface area contributed by atoms with Gasteiger partial charge < -0.3 is 37.5 Å². The number of aromatic nitrogens is 1. The molecule has 4 unspecified atom stereocenters. The van der Waals surface area contributed by atoms with Crippen molar-refractivity contribution in [3.8, 4) is 0 Å². The molecule has 0 fully saturated rings. The molecule has 0 aliphatic carbocycles. The number of rotatable bonds is 17. The summed E-state index contributed by atoms with van der Waals surface area (Å²) in [5.74, 6) is -3.41. The zero-order chi connectivity index (χ0) is 31.4. The first-order valence-electron chi connectivity index (χ1n) is 13.8. The summed E-state index contributed by atoms with van der Waals surface area (Å²) in [7, 11) is 0. The number of aromatic amines is 1. The molecule has 0 bridgehead atoms. The monoisotopic (exact) mass is 610 g/mol. The van der Waals surface area contributed by atoms with Gasteiger partial charge in [-0.2, -0.15) is 11.8 Å². The topological polar surface area (TPSA) is 209 Å². The van der Waals surface area contributed by atoms with Crippen LogP contribution in [0.3, 0.4) is 0 Å². The van der Waals surface area contributed by atoms with E-state index in [-0.39, 0.29) is 32.1 Å². The van der Waals surface area contributed by atoms with Gasteiger partial charge in [0.1, 0.15) is 18.1 Å². The van der Waals surface area contributed by atoms with Gasteiger partial charge in [0, 0.05) is 29.9 Å². The van der Waals surface area contributed by atoms with Crippen LogP contribution in [-0.4, -0.2) is 75.9 Å². The average Bonchev–Trinajstić information content (AvgIpc) is 3.39. The molecule has 4 atom stereocenters. The lowest BCUT2D eigenvalue weighted by atomic mass is 10.0. The van der Waals surface area contributed by atoms with E-state index in [1.165, 1.54) is 11.8 Å². The fourth-order valence-electron chi connectivity index (χ4n) is 4.56. The summed E-state index contributed by atoms with van der Waals surface area (Å²) in [6.45, 7) is 0. The molecular formula is C30H38N6O6S. The highest BCUT2D eigenvalue weighted by molar-refractivity contribution is 7.98. The minimum Gasteiger partial charge on any atom is -0.480 e. The van der Waals surface area contributed by atoms with Crippen LogP contribution in [0.15, 0.2) is 60.8 Å². The number of primary amides is 1. The molecule has 1 heterocycles. The summed E-state index contributed by atoms with van der Waals surface area (Å²) in [5, 5.41) is 18.4. The van der Waals surface area contributed by atoms with E-state index in [4.69, 9.17) is 11.5 Å². The molecule has 1 aromatic heterocycles. The van der Waals surface area contributed by atoms with E-state index >= 15 is 0 Å². The molecule has 12 nitrogen and oxygen atoms in total. The summed E-state index contributed by atoms with van der Waals surface area (Å²) >= 11 is 1.44. The number of hydrogen-bond donors (Lipinski definition) is 7. The van der Waals surface area contributed by atoms with E-state index in [1.807, 2.05) is 30.5 Å². The van der Waals surface area contributed by atoms with Gasteiger partial charge in [0.05, 0.1) is 6.04 Å². The van der Waals surface area contributed by atoms with Crippen LogP contribution in [0.2, 0.25) is 0 Å². The Kier molecular flexibility index (Phi) is 12.6. The van der Waals surface area contributed by atoms with Gasteiger partial charge >= 0.3 is 5.97 Å². The van der Waals surface area contributed by atoms with E-state index in [0.29, 0.717) is 5.75 Å². The van der Waals surface area contributed by atoms with Gasteiger partial charge in [0.2, 0.25) is 23.6 Å². The lowest BCUT2D eigenvalue weighted by molar-refractivity contribution is -0.142. The van der Waals surface area contributed by atoms with Gasteiger partial charge in [-0.05, 0) is 48.5 Å². The summed E-state index contributed by atoms with van der Waals surface area (Å²) in [4.78, 5) is 66.2. The number of H-pyrrole nitrogens is 1. The first-order valence-corrected chi connectivity index (χ1v) is 15.2. The molecule has 0 radical (unpaired) electrons. The van der Waals surface area contributed by atoms with E-state index in [1.54, 1.807) is 36.5 Å². The van der Waals surface area contributed by atoms with Crippen LogP contribution in [0.1, 0.15) is 30.4 Å². The highest BCUT2D eigenvalue weighted by atomic mass is 32.2. The number of carboxylic acid groups (broad SMARTS) is 1. The molecule has 13 heteroatoms. The number of nitrogens with one attached hydrogen (secondary N) is 4. The highest BCUT2D eigenvalue weighted by Gasteiger charge is 2.30. The van der Waals surface area contributed by atoms with Gasteiger partial charge in [-0.15, -0.1) is 0 Å². The average molecular weight is 611 g/mol. The summed E-state index contributed by atoms with van der Waals surface area (Å²) < 4.78 is 0. The Labute approximate surface area is 253 Å². The van der Waals surface area contributed by atoms with Crippen LogP contribution in [-0.2, 0) is 36.8 Å². The second-order valence-corrected chi connectivity index (χ2v) is 11.2. The molecule has 0 saturated heterocycles. The van der Waals surface area contributed by atoms with Gasteiger partial charge in [-0.1, -0.05) is 48.5 Å². The van der Waals surface area contributed by atoms with Crippen molar-refractivity contribution in [1.82, 2.24) is 20.9 Å². The van der Waals surface area contributed by atoms with Crippen LogP contribution in [0.4, 0.5) is 0 Å². The second kappa shape index (κ2) is 16.3. The summed E-state index contributed by atoms with van der Waals surface area (Å²) in [5.41, 5.74) is 13.9. The zero-order valence-corrected chi connectivity index (χ0v) is 24.7. The molecule has 0 spiro atoms. The number of carbonyl (C=O) groups is 5.